The third kappa shape index (κ3) is 6.27. The Bertz CT molecular complexity index is 613. The number of hydrogen-bond donors (Lipinski definition) is 0. The first-order chi connectivity index (χ1) is 13.6. The molecule has 3 rings (SSSR count). The van der Waals surface area contributed by atoms with Gasteiger partial charge < -0.3 is 9.80 Å². The van der Waals surface area contributed by atoms with Gasteiger partial charge in [-0.3, -0.25) is 9.80 Å². The standard InChI is InChI=1S/C25H44N4/c1-24(2,3)29-19-16-27(13-12-22-10-8-7-9-11-22)21-23(29)20-25(4,5)28-17-14-26(6)15-18-28/h7-11,23H,12-21H2,1-6H3. The molecule has 2 aliphatic heterocycles. The van der Waals surface area contributed by atoms with Crippen LogP contribution in [0.2, 0.25) is 0 Å². The van der Waals surface area contributed by atoms with Crippen LogP contribution < -0.4 is 0 Å². The third-order valence-corrected chi connectivity index (χ3v) is 7.08. The summed E-state index contributed by atoms with van der Waals surface area (Å²) in [5.74, 6) is 0. The Labute approximate surface area is 179 Å². The van der Waals surface area contributed by atoms with Gasteiger partial charge in [0.15, 0.2) is 0 Å². The van der Waals surface area contributed by atoms with Gasteiger partial charge in [-0.2, -0.15) is 0 Å². The van der Waals surface area contributed by atoms with Gasteiger partial charge in [-0.25, -0.2) is 0 Å². The van der Waals surface area contributed by atoms with Crippen molar-refractivity contribution in [2.45, 2.75) is 64.6 Å². The highest BCUT2D eigenvalue weighted by Gasteiger charge is 2.39. The van der Waals surface area contributed by atoms with Crippen LogP contribution in [0.25, 0.3) is 0 Å². The molecule has 0 N–H and O–H groups in total. The van der Waals surface area contributed by atoms with E-state index in [2.05, 4.69) is 91.6 Å². The van der Waals surface area contributed by atoms with Crippen LogP contribution in [-0.2, 0) is 6.42 Å². The minimum Gasteiger partial charge on any atom is -0.304 e. The maximum Gasteiger partial charge on any atom is 0.0246 e. The van der Waals surface area contributed by atoms with Gasteiger partial charge in [-0.1, -0.05) is 30.3 Å². The monoisotopic (exact) mass is 400 g/mol. The second-order valence-corrected chi connectivity index (χ2v) is 10.9. The van der Waals surface area contributed by atoms with Crippen LogP contribution >= 0.6 is 0 Å². The van der Waals surface area contributed by atoms with Crippen molar-refractivity contribution < 1.29 is 0 Å². The highest BCUT2D eigenvalue weighted by atomic mass is 15.3. The molecule has 1 unspecified atom stereocenters. The van der Waals surface area contributed by atoms with Gasteiger partial charge in [0.1, 0.15) is 0 Å². The Balaban J connectivity index is 1.64. The van der Waals surface area contributed by atoms with E-state index in [1.165, 1.54) is 64.3 Å². The average molecular weight is 401 g/mol. The maximum atomic E-state index is 2.78. The van der Waals surface area contributed by atoms with E-state index < -0.39 is 0 Å². The molecule has 2 heterocycles. The lowest BCUT2D eigenvalue weighted by Gasteiger charge is -2.52. The Morgan fingerprint density at radius 3 is 2.14 bits per heavy atom. The van der Waals surface area contributed by atoms with Crippen molar-refractivity contribution in [2.24, 2.45) is 0 Å². The number of piperazine rings is 2. The SMILES string of the molecule is CN1CCN(C(C)(C)CC2CN(CCc3ccccc3)CCN2C(C)(C)C)CC1. The van der Waals surface area contributed by atoms with Gasteiger partial charge in [0, 0.05) is 69.5 Å². The fourth-order valence-electron chi connectivity index (χ4n) is 5.23. The molecule has 4 heteroatoms. The summed E-state index contributed by atoms with van der Waals surface area (Å²) in [6, 6.07) is 11.6. The second kappa shape index (κ2) is 9.47. The Kier molecular flexibility index (Phi) is 7.42. The van der Waals surface area contributed by atoms with Crippen molar-refractivity contribution in [1.29, 1.82) is 0 Å². The summed E-state index contributed by atoms with van der Waals surface area (Å²) in [4.78, 5) is 10.7. The molecule has 0 aliphatic carbocycles. The minimum atomic E-state index is 0.231. The average Bonchev–Trinajstić information content (AvgIpc) is 2.66. The van der Waals surface area contributed by atoms with Crippen LogP contribution in [0.3, 0.4) is 0 Å². The first-order valence-electron chi connectivity index (χ1n) is 11.6. The number of hydrogen-bond acceptors (Lipinski definition) is 4. The van der Waals surface area contributed by atoms with Crippen LogP contribution in [0.4, 0.5) is 0 Å². The summed E-state index contributed by atoms with van der Waals surface area (Å²) in [5, 5.41) is 0. The molecule has 0 amide bonds. The Morgan fingerprint density at radius 1 is 0.862 bits per heavy atom. The van der Waals surface area contributed by atoms with Crippen molar-refractivity contribution in [3.05, 3.63) is 35.9 Å². The first kappa shape index (κ1) is 22.7. The minimum absolute atomic E-state index is 0.231. The molecule has 0 bridgehead atoms. The molecule has 1 aromatic carbocycles. The number of nitrogens with zero attached hydrogens (tertiary/aromatic N) is 4. The number of rotatable bonds is 6. The molecule has 29 heavy (non-hydrogen) atoms. The molecule has 1 aromatic rings. The summed E-state index contributed by atoms with van der Waals surface area (Å²) in [7, 11) is 2.25. The molecule has 0 aromatic heterocycles. The molecule has 2 aliphatic rings. The topological polar surface area (TPSA) is 13.0 Å². The van der Waals surface area contributed by atoms with Crippen LogP contribution in [0.5, 0.6) is 0 Å². The quantitative estimate of drug-likeness (QED) is 0.725. The predicted molar refractivity (Wildman–Crippen MR) is 125 cm³/mol. The van der Waals surface area contributed by atoms with E-state index in [1.807, 2.05) is 0 Å². The summed E-state index contributed by atoms with van der Waals surface area (Å²) >= 11 is 0. The molecule has 0 saturated carbocycles. The Hall–Kier alpha value is -0.940. The predicted octanol–water partition coefficient (Wildman–Crippen LogP) is 3.43. The summed E-state index contributed by atoms with van der Waals surface area (Å²) in [5.41, 5.74) is 1.94. The van der Waals surface area contributed by atoms with Gasteiger partial charge in [-0.15, -0.1) is 0 Å². The molecule has 4 nitrogen and oxygen atoms in total. The zero-order chi connectivity index (χ0) is 21.1. The van der Waals surface area contributed by atoms with Crippen LogP contribution in [0.1, 0.15) is 46.6 Å². The van der Waals surface area contributed by atoms with E-state index in [-0.39, 0.29) is 11.1 Å². The number of likely N-dealkylation sites (N-methyl/N-ethyl adjacent to an activating group) is 1. The van der Waals surface area contributed by atoms with Gasteiger partial charge in [0.25, 0.3) is 0 Å². The molecular formula is C25H44N4. The second-order valence-electron chi connectivity index (χ2n) is 10.9. The molecular weight excluding hydrogens is 356 g/mol. The van der Waals surface area contributed by atoms with E-state index in [0.717, 1.165) is 6.42 Å². The lowest BCUT2D eigenvalue weighted by molar-refractivity contribution is -0.0268. The van der Waals surface area contributed by atoms with Crippen LogP contribution in [0, 0.1) is 0 Å². The van der Waals surface area contributed by atoms with Gasteiger partial charge >= 0.3 is 0 Å². The Morgan fingerprint density at radius 2 is 1.52 bits per heavy atom. The van der Waals surface area contributed by atoms with E-state index in [0.29, 0.717) is 6.04 Å². The smallest absolute Gasteiger partial charge is 0.0246 e. The zero-order valence-corrected chi connectivity index (χ0v) is 19.8. The van der Waals surface area contributed by atoms with E-state index in [1.54, 1.807) is 0 Å². The van der Waals surface area contributed by atoms with Crippen molar-refractivity contribution in [1.82, 2.24) is 19.6 Å². The lowest BCUT2D eigenvalue weighted by atomic mass is 9.88. The fraction of sp³-hybridized carbons (Fsp3) is 0.760. The van der Waals surface area contributed by atoms with E-state index in [9.17, 15) is 0 Å². The molecule has 164 valence electrons. The number of benzene rings is 1. The van der Waals surface area contributed by atoms with Crippen molar-refractivity contribution in [3.63, 3.8) is 0 Å². The summed E-state index contributed by atoms with van der Waals surface area (Å²) in [6.45, 7) is 21.6. The van der Waals surface area contributed by atoms with Gasteiger partial charge in [0.2, 0.25) is 0 Å². The molecule has 2 saturated heterocycles. The largest absolute Gasteiger partial charge is 0.304 e. The third-order valence-electron chi connectivity index (χ3n) is 7.08. The molecule has 2 fully saturated rings. The normalized spacial score (nSPS) is 24.1. The summed E-state index contributed by atoms with van der Waals surface area (Å²) < 4.78 is 0. The molecule has 0 spiro atoms. The zero-order valence-electron chi connectivity index (χ0n) is 19.8. The van der Waals surface area contributed by atoms with Gasteiger partial charge in [-0.05, 0) is 60.1 Å². The molecule has 0 radical (unpaired) electrons. The van der Waals surface area contributed by atoms with Crippen molar-refractivity contribution in [2.75, 3.05) is 59.4 Å². The van der Waals surface area contributed by atoms with Crippen molar-refractivity contribution >= 4 is 0 Å². The maximum absolute atomic E-state index is 2.78. The van der Waals surface area contributed by atoms with Gasteiger partial charge in [0.05, 0.1) is 0 Å². The highest BCUT2D eigenvalue weighted by Crippen LogP contribution is 2.30. The van der Waals surface area contributed by atoms with E-state index in [4.69, 9.17) is 0 Å². The summed E-state index contributed by atoms with van der Waals surface area (Å²) in [6.07, 6.45) is 2.40. The van der Waals surface area contributed by atoms with E-state index >= 15 is 0 Å². The fourth-order valence-corrected chi connectivity index (χ4v) is 5.23. The van der Waals surface area contributed by atoms with Crippen molar-refractivity contribution in [3.8, 4) is 0 Å². The van der Waals surface area contributed by atoms with Crippen LogP contribution in [-0.4, -0.2) is 96.1 Å². The lowest BCUT2D eigenvalue weighted by Crippen LogP contribution is -2.63. The first-order valence-corrected chi connectivity index (χ1v) is 11.6. The van der Waals surface area contributed by atoms with Crippen LogP contribution in [0.15, 0.2) is 30.3 Å². The molecule has 1 atom stereocenters. The highest BCUT2D eigenvalue weighted by molar-refractivity contribution is 5.15.